The minimum absolute atomic E-state index is 0.00124. The smallest absolute Gasteiger partial charge is 0.312 e. The van der Waals surface area contributed by atoms with E-state index in [0.717, 1.165) is 36.8 Å². The zero-order chi connectivity index (χ0) is 18.6. The Morgan fingerprint density at radius 3 is 2.59 bits per heavy atom. The fourth-order valence-electron chi connectivity index (χ4n) is 5.36. The number of carboxylic acids is 1. The van der Waals surface area contributed by atoms with E-state index in [2.05, 4.69) is 24.3 Å². The lowest BCUT2D eigenvalue weighted by atomic mass is 9.78. The Bertz CT molecular complexity index is 937. The number of carbonyl (C=O) groups excluding carboxylic acids is 1. The number of aryl methyl sites for hydroxylation is 1. The van der Waals surface area contributed by atoms with Crippen LogP contribution in [0.3, 0.4) is 0 Å². The average molecular weight is 361 g/mol. The summed E-state index contributed by atoms with van der Waals surface area (Å²) in [6.45, 7) is 0.798. The van der Waals surface area contributed by atoms with Gasteiger partial charge in [-0.1, -0.05) is 48.5 Å². The van der Waals surface area contributed by atoms with Crippen molar-refractivity contribution in [2.75, 3.05) is 6.54 Å². The molecule has 138 valence electrons. The molecule has 3 unspecified atom stereocenters. The molecule has 2 aromatic rings. The Kier molecular flexibility index (Phi) is 3.64. The second-order valence-corrected chi connectivity index (χ2v) is 8.23. The number of carboxylic acid groups (broad SMARTS) is 1. The predicted molar refractivity (Wildman–Crippen MR) is 101 cm³/mol. The van der Waals surface area contributed by atoms with Gasteiger partial charge in [0.2, 0.25) is 5.91 Å². The Hall–Kier alpha value is -2.62. The van der Waals surface area contributed by atoms with Crippen molar-refractivity contribution in [3.63, 3.8) is 0 Å². The first kappa shape index (κ1) is 16.5. The summed E-state index contributed by atoms with van der Waals surface area (Å²) in [6, 6.07) is 16.2. The molecule has 3 aliphatic rings. The number of amides is 1. The fourth-order valence-corrected chi connectivity index (χ4v) is 5.36. The second kappa shape index (κ2) is 5.95. The molecule has 2 aliphatic carbocycles. The Morgan fingerprint density at radius 1 is 1.04 bits per heavy atom. The molecule has 0 radical (unpaired) electrons. The van der Waals surface area contributed by atoms with E-state index in [4.69, 9.17) is 0 Å². The van der Waals surface area contributed by atoms with E-state index in [1.54, 1.807) is 4.90 Å². The van der Waals surface area contributed by atoms with Crippen molar-refractivity contribution in [3.8, 4) is 0 Å². The summed E-state index contributed by atoms with van der Waals surface area (Å²) in [7, 11) is 0. The number of benzene rings is 2. The summed E-state index contributed by atoms with van der Waals surface area (Å²) < 4.78 is 0. The Balaban J connectivity index is 1.43. The zero-order valence-corrected chi connectivity index (χ0v) is 15.2. The molecule has 1 fully saturated rings. The summed E-state index contributed by atoms with van der Waals surface area (Å²) in [6.07, 6.45) is 4.18. The molecule has 2 aromatic carbocycles. The van der Waals surface area contributed by atoms with E-state index < -0.39 is 11.9 Å². The van der Waals surface area contributed by atoms with Gasteiger partial charge in [0.05, 0.1) is 5.92 Å². The lowest BCUT2D eigenvalue weighted by Gasteiger charge is -2.34. The molecule has 27 heavy (non-hydrogen) atoms. The minimum Gasteiger partial charge on any atom is -0.481 e. The van der Waals surface area contributed by atoms with Crippen molar-refractivity contribution >= 4 is 11.9 Å². The lowest BCUT2D eigenvalue weighted by Crippen LogP contribution is -2.42. The third-order valence-electron chi connectivity index (χ3n) is 6.80. The van der Waals surface area contributed by atoms with Crippen LogP contribution in [-0.2, 0) is 28.0 Å². The van der Waals surface area contributed by atoms with E-state index in [-0.39, 0.29) is 23.8 Å². The maximum atomic E-state index is 13.4. The van der Waals surface area contributed by atoms with Crippen LogP contribution in [-0.4, -0.2) is 28.4 Å². The highest BCUT2D eigenvalue weighted by Gasteiger charge is 2.61. The molecular weight excluding hydrogens is 338 g/mol. The van der Waals surface area contributed by atoms with Crippen molar-refractivity contribution in [3.05, 3.63) is 70.8 Å². The molecule has 0 saturated heterocycles. The minimum atomic E-state index is -0.853. The average Bonchev–Trinajstić information content (AvgIpc) is 3.41. The van der Waals surface area contributed by atoms with Gasteiger partial charge >= 0.3 is 5.97 Å². The number of carbonyl (C=O) groups is 2. The highest BCUT2D eigenvalue weighted by molar-refractivity contribution is 5.87. The van der Waals surface area contributed by atoms with E-state index >= 15 is 0 Å². The van der Waals surface area contributed by atoms with Gasteiger partial charge < -0.3 is 10.0 Å². The summed E-state index contributed by atoms with van der Waals surface area (Å²) >= 11 is 0. The SMILES string of the molecule is O=C(O)C1CN(C(=O)C2CC23CCCc2ccccc23)Cc2ccccc21. The molecular formula is C23H23NO3. The molecule has 4 heteroatoms. The van der Waals surface area contributed by atoms with Crippen LogP contribution in [0.25, 0.3) is 0 Å². The first-order chi connectivity index (χ1) is 13.1. The van der Waals surface area contributed by atoms with E-state index in [1.165, 1.54) is 11.1 Å². The third-order valence-corrected chi connectivity index (χ3v) is 6.80. The van der Waals surface area contributed by atoms with Crippen LogP contribution in [0.5, 0.6) is 0 Å². The molecule has 1 saturated carbocycles. The van der Waals surface area contributed by atoms with Crippen molar-refractivity contribution in [2.45, 2.75) is 43.6 Å². The highest BCUT2D eigenvalue weighted by atomic mass is 16.4. The number of hydrogen-bond acceptors (Lipinski definition) is 2. The van der Waals surface area contributed by atoms with Gasteiger partial charge in [0.1, 0.15) is 0 Å². The Labute approximate surface area is 158 Å². The zero-order valence-electron chi connectivity index (χ0n) is 15.2. The first-order valence-corrected chi connectivity index (χ1v) is 9.78. The van der Waals surface area contributed by atoms with Gasteiger partial charge in [-0.15, -0.1) is 0 Å². The van der Waals surface area contributed by atoms with Gasteiger partial charge in [0, 0.05) is 24.4 Å². The molecule has 5 rings (SSSR count). The predicted octanol–water partition coefficient (Wildman–Crippen LogP) is 3.49. The molecule has 1 amide bonds. The quantitative estimate of drug-likeness (QED) is 0.891. The van der Waals surface area contributed by atoms with Crippen LogP contribution >= 0.6 is 0 Å². The summed E-state index contributed by atoms with van der Waals surface area (Å²) in [4.78, 5) is 26.9. The number of rotatable bonds is 2. The third kappa shape index (κ3) is 2.50. The van der Waals surface area contributed by atoms with Crippen LogP contribution in [0.15, 0.2) is 48.5 Å². The van der Waals surface area contributed by atoms with Crippen LogP contribution in [0.2, 0.25) is 0 Å². The summed E-state index contributed by atoms with van der Waals surface area (Å²) in [5.41, 5.74) is 4.53. The van der Waals surface area contributed by atoms with Gasteiger partial charge in [-0.2, -0.15) is 0 Å². The van der Waals surface area contributed by atoms with E-state index in [0.29, 0.717) is 6.54 Å². The van der Waals surface area contributed by atoms with Crippen molar-refractivity contribution < 1.29 is 14.7 Å². The second-order valence-electron chi connectivity index (χ2n) is 8.23. The highest BCUT2D eigenvalue weighted by Crippen LogP contribution is 2.61. The fraction of sp³-hybridized carbons (Fsp3) is 0.391. The van der Waals surface area contributed by atoms with Gasteiger partial charge in [-0.25, -0.2) is 0 Å². The van der Waals surface area contributed by atoms with E-state index in [1.807, 2.05) is 24.3 Å². The van der Waals surface area contributed by atoms with Gasteiger partial charge in [-0.3, -0.25) is 9.59 Å². The Morgan fingerprint density at radius 2 is 1.78 bits per heavy atom. The lowest BCUT2D eigenvalue weighted by molar-refractivity contribution is -0.141. The van der Waals surface area contributed by atoms with Crippen LogP contribution < -0.4 is 0 Å². The van der Waals surface area contributed by atoms with Crippen LogP contribution in [0.4, 0.5) is 0 Å². The van der Waals surface area contributed by atoms with Crippen LogP contribution in [0, 0.1) is 5.92 Å². The van der Waals surface area contributed by atoms with Gasteiger partial charge in [0.25, 0.3) is 0 Å². The topological polar surface area (TPSA) is 57.6 Å². The maximum absolute atomic E-state index is 13.4. The standard InChI is InChI=1S/C23H23NO3/c25-21(20-12-23(20)11-5-8-15-6-2-4-10-19(15)23)24-13-16-7-1-3-9-17(16)18(14-24)22(26)27/h1-4,6-7,9-10,18,20H,5,8,11-14H2,(H,26,27). The van der Waals surface area contributed by atoms with Crippen LogP contribution in [0.1, 0.15) is 47.4 Å². The molecule has 1 spiro atoms. The largest absolute Gasteiger partial charge is 0.481 e. The molecule has 3 atom stereocenters. The van der Waals surface area contributed by atoms with Crippen molar-refractivity contribution in [2.24, 2.45) is 5.92 Å². The molecule has 0 aromatic heterocycles. The summed E-state index contributed by atoms with van der Waals surface area (Å²) in [5, 5.41) is 9.67. The molecule has 1 N–H and O–H groups in total. The molecule has 1 aliphatic heterocycles. The van der Waals surface area contributed by atoms with Crippen molar-refractivity contribution in [1.29, 1.82) is 0 Å². The van der Waals surface area contributed by atoms with Gasteiger partial charge in [0.15, 0.2) is 0 Å². The normalized spacial score (nSPS) is 28.4. The molecule has 4 nitrogen and oxygen atoms in total. The van der Waals surface area contributed by atoms with Crippen molar-refractivity contribution in [1.82, 2.24) is 4.90 Å². The number of nitrogens with zero attached hydrogens (tertiary/aromatic N) is 1. The summed E-state index contributed by atoms with van der Waals surface area (Å²) in [5.74, 6) is -1.35. The van der Waals surface area contributed by atoms with E-state index in [9.17, 15) is 14.7 Å². The number of fused-ring (bicyclic) bond motifs is 3. The monoisotopic (exact) mass is 361 g/mol. The number of hydrogen-bond donors (Lipinski definition) is 1. The first-order valence-electron chi connectivity index (χ1n) is 9.78. The number of aliphatic carboxylic acids is 1. The molecule has 1 heterocycles. The maximum Gasteiger partial charge on any atom is 0.312 e. The molecule has 0 bridgehead atoms. The van der Waals surface area contributed by atoms with Gasteiger partial charge in [-0.05, 0) is 47.9 Å².